The molecule has 0 aliphatic heterocycles. The molecule has 0 heterocycles. The molecule has 2 rings (SSSR count). The molecule has 0 aliphatic carbocycles. The van der Waals surface area contributed by atoms with Crippen LogP contribution in [-0.2, 0) is 11.3 Å². The van der Waals surface area contributed by atoms with Crippen LogP contribution in [0.25, 0.3) is 0 Å². The number of phenols is 1. The summed E-state index contributed by atoms with van der Waals surface area (Å²) in [6.45, 7) is 2.78. The van der Waals surface area contributed by atoms with E-state index in [1.54, 1.807) is 12.1 Å². The van der Waals surface area contributed by atoms with Crippen LogP contribution in [0.3, 0.4) is 0 Å². The van der Waals surface area contributed by atoms with Gasteiger partial charge in [-0.3, -0.25) is 4.79 Å². The average Bonchev–Trinajstić information content (AvgIpc) is 2.47. The Morgan fingerprint density at radius 3 is 2.52 bits per heavy atom. The van der Waals surface area contributed by atoms with E-state index < -0.39 is 0 Å². The zero-order valence-corrected chi connectivity index (χ0v) is 11.9. The van der Waals surface area contributed by atoms with Gasteiger partial charge in [-0.2, -0.15) is 0 Å². The summed E-state index contributed by atoms with van der Waals surface area (Å²) < 4.78 is 11.0. The van der Waals surface area contributed by atoms with Crippen LogP contribution in [0.4, 0.5) is 0 Å². The monoisotopic (exact) mass is 286 g/mol. The number of rotatable bonds is 7. The highest BCUT2D eigenvalue weighted by molar-refractivity contribution is 5.96. The van der Waals surface area contributed by atoms with Crippen molar-refractivity contribution in [2.75, 3.05) is 13.2 Å². The van der Waals surface area contributed by atoms with Crippen molar-refractivity contribution < 1.29 is 19.4 Å². The van der Waals surface area contributed by atoms with E-state index >= 15 is 0 Å². The third kappa shape index (κ3) is 4.61. The number of ketones is 1. The highest BCUT2D eigenvalue weighted by Crippen LogP contribution is 2.23. The van der Waals surface area contributed by atoms with E-state index in [0.717, 1.165) is 5.56 Å². The van der Waals surface area contributed by atoms with Crippen molar-refractivity contribution in [2.24, 2.45) is 0 Å². The van der Waals surface area contributed by atoms with E-state index in [-0.39, 0.29) is 11.5 Å². The van der Waals surface area contributed by atoms with Gasteiger partial charge in [-0.1, -0.05) is 30.3 Å². The number of carbonyl (C=O) groups is 1. The first-order valence-electron chi connectivity index (χ1n) is 6.75. The molecular weight excluding hydrogens is 268 g/mol. The number of aromatic hydroxyl groups is 1. The first-order valence-corrected chi connectivity index (χ1v) is 6.75. The summed E-state index contributed by atoms with van der Waals surface area (Å²) in [5.41, 5.74) is 1.41. The number of phenolic OH excluding ortho intramolecular Hbond substituents is 1. The molecule has 2 aromatic rings. The van der Waals surface area contributed by atoms with Crippen LogP contribution >= 0.6 is 0 Å². The first kappa shape index (κ1) is 15.1. The number of carbonyl (C=O) groups excluding carboxylic acids is 1. The van der Waals surface area contributed by atoms with Gasteiger partial charge in [0.25, 0.3) is 0 Å². The molecule has 0 aliphatic rings. The fraction of sp³-hybridized carbons (Fsp3) is 0.235. The summed E-state index contributed by atoms with van der Waals surface area (Å²) >= 11 is 0. The molecule has 110 valence electrons. The van der Waals surface area contributed by atoms with Crippen molar-refractivity contribution in [3.8, 4) is 11.5 Å². The van der Waals surface area contributed by atoms with Crippen molar-refractivity contribution in [3.05, 3.63) is 59.7 Å². The second kappa shape index (κ2) is 7.45. The van der Waals surface area contributed by atoms with Gasteiger partial charge in [-0.05, 0) is 24.6 Å². The fourth-order valence-corrected chi connectivity index (χ4v) is 1.88. The Hall–Kier alpha value is -2.33. The maximum atomic E-state index is 11.2. The van der Waals surface area contributed by atoms with E-state index in [9.17, 15) is 9.90 Å². The predicted molar refractivity (Wildman–Crippen MR) is 79.7 cm³/mol. The van der Waals surface area contributed by atoms with E-state index in [2.05, 4.69) is 0 Å². The van der Waals surface area contributed by atoms with Crippen LogP contribution in [0.1, 0.15) is 22.8 Å². The van der Waals surface area contributed by atoms with Gasteiger partial charge in [0, 0.05) is 6.07 Å². The van der Waals surface area contributed by atoms with Crippen LogP contribution in [0.15, 0.2) is 48.5 Å². The van der Waals surface area contributed by atoms with Gasteiger partial charge in [0.15, 0.2) is 5.78 Å². The maximum Gasteiger partial charge on any atom is 0.163 e. The average molecular weight is 286 g/mol. The topological polar surface area (TPSA) is 55.8 Å². The molecule has 0 aromatic heterocycles. The standard InChI is InChI=1S/C17H18O4/c1-13(18)16-8-7-15(11-17(16)19)21-10-9-20-12-14-5-3-2-4-6-14/h2-8,11,19H,9-10,12H2,1H3. The molecule has 2 aromatic carbocycles. The number of ether oxygens (including phenoxy) is 2. The van der Waals surface area contributed by atoms with Crippen molar-refractivity contribution in [2.45, 2.75) is 13.5 Å². The van der Waals surface area contributed by atoms with Gasteiger partial charge in [-0.15, -0.1) is 0 Å². The van der Waals surface area contributed by atoms with Gasteiger partial charge < -0.3 is 14.6 Å². The lowest BCUT2D eigenvalue weighted by Crippen LogP contribution is -2.07. The first-order chi connectivity index (χ1) is 10.2. The summed E-state index contributed by atoms with van der Waals surface area (Å²) in [4.78, 5) is 11.2. The van der Waals surface area contributed by atoms with Crippen molar-refractivity contribution in [3.63, 3.8) is 0 Å². The van der Waals surface area contributed by atoms with E-state index in [1.165, 1.54) is 13.0 Å². The normalized spacial score (nSPS) is 10.3. The van der Waals surface area contributed by atoms with Crippen LogP contribution in [0, 0.1) is 0 Å². The third-order valence-corrected chi connectivity index (χ3v) is 2.96. The number of hydrogen-bond donors (Lipinski definition) is 1. The molecule has 0 saturated heterocycles. The summed E-state index contributed by atoms with van der Waals surface area (Å²) in [5.74, 6) is 0.274. The van der Waals surface area contributed by atoms with Gasteiger partial charge >= 0.3 is 0 Å². The smallest absolute Gasteiger partial charge is 0.163 e. The Bertz CT molecular complexity index is 593. The maximum absolute atomic E-state index is 11.2. The summed E-state index contributed by atoms with van der Waals surface area (Å²) in [6, 6.07) is 14.5. The summed E-state index contributed by atoms with van der Waals surface area (Å²) in [7, 11) is 0. The lowest BCUT2D eigenvalue weighted by Gasteiger charge is -2.09. The largest absolute Gasteiger partial charge is 0.507 e. The third-order valence-electron chi connectivity index (χ3n) is 2.96. The van der Waals surface area contributed by atoms with E-state index in [4.69, 9.17) is 9.47 Å². The molecule has 0 amide bonds. The molecule has 0 spiro atoms. The Kier molecular flexibility index (Phi) is 5.35. The van der Waals surface area contributed by atoms with Gasteiger partial charge in [0.2, 0.25) is 0 Å². The van der Waals surface area contributed by atoms with Crippen molar-refractivity contribution in [1.29, 1.82) is 0 Å². The Labute approximate surface area is 123 Å². The fourth-order valence-electron chi connectivity index (χ4n) is 1.88. The van der Waals surface area contributed by atoms with E-state index in [0.29, 0.717) is 31.1 Å². The molecule has 0 radical (unpaired) electrons. The van der Waals surface area contributed by atoms with Crippen LogP contribution < -0.4 is 4.74 Å². The second-order valence-electron chi connectivity index (χ2n) is 4.62. The Morgan fingerprint density at radius 2 is 1.86 bits per heavy atom. The van der Waals surface area contributed by atoms with Crippen LogP contribution in [0.2, 0.25) is 0 Å². The molecule has 4 nitrogen and oxygen atoms in total. The van der Waals surface area contributed by atoms with Crippen molar-refractivity contribution >= 4 is 5.78 Å². The van der Waals surface area contributed by atoms with E-state index in [1.807, 2.05) is 30.3 Å². The molecular formula is C17H18O4. The molecule has 21 heavy (non-hydrogen) atoms. The molecule has 0 saturated carbocycles. The molecule has 4 heteroatoms. The van der Waals surface area contributed by atoms with Gasteiger partial charge in [0.1, 0.15) is 18.1 Å². The highest BCUT2D eigenvalue weighted by atomic mass is 16.5. The lowest BCUT2D eigenvalue weighted by atomic mass is 10.1. The van der Waals surface area contributed by atoms with Crippen LogP contribution in [0.5, 0.6) is 11.5 Å². The lowest BCUT2D eigenvalue weighted by molar-refractivity contribution is 0.0888. The molecule has 0 fully saturated rings. The number of Topliss-reactive ketones (excluding diaryl/α,β-unsaturated/α-hetero) is 1. The summed E-state index contributed by atoms with van der Waals surface area (Å²) in [6.07, 6.45) is 0. The molecule has 0 bridgehead atoms. The molecule has 0 unspecified atom stereocenters. The minimum Gasteiger partial charge on any atom is -0.507 e. The van der Waals surface area contributed by atoms with Crippen molar-refractivity contribution in [1.82, 2.24) is 0 Å². The van der Waals surface area contributed by atoms with Gasteiger partial charge in [-0.25, -0.2) is 0 Å². The SMILES string of the molecule is CC(=O)c1ccc(OCCOCc2ccccc2)cc1O. The number of hydrogen-bond acceptors (Lipinski definition) is 4. The second-order valence-corrected chi connectivity index (χ2v) is 4.62. The minimum absolute atomic E-state index is 0.0646. The zero-order valence-electron chi connectivity index (χ0n) is 11.9. The summed E-state index contributed by atoms with van der Waals surface area (Å²) in [5, 5.41) is 9.68. The molecule has 1 N–H and O–H groups in total. The van der Waals surface area contributed by atoms with Gasteiger partial charge in [0.05, 0.1) is 18.8 Å². The Morgan fingerprint density at radius 1 is 1.10 bits per heavy atom. The predicted octanol–water partition coefficient (Wildman–Crippen LogP) is 3.19. The quantitative estimate of drug-likeness (QED) is 0.627. The minimum atomic E-state index is -0.176. The highest BCUT2D eigenvalue weighted by Gasteiger charge is 2.07. The zero-order chi connectivity index (χ0) is 15.1. The Balaban J connectivity index is 1.74. The molecule has 0 atom stereocenters. The number of benzene rings is 2. The van der Waals surface area contributed by atoms with Crippen LogP contribution in [-0.4, -0.2) is 24.1 Å².